The van der Waals surface area contributed by atoms with Gasteiger partial charge in [0.1, 0.15) is 0 Å². The zero-order valence-corrected chi connectivity index (χ0v) is 16.9. The highest BCUT2D eigenvalue weighted by atomic mass is 35.5. The summed E-state index contributed by atoms with van der Waals surface area (Å²) in [4.78, 5) is 2.64. The Hall–Kier alpha value is -2.13. The van der Waals surface area contributed by atoms with Crippen LogP contribution in [0.5, 0.6) is 0 Å². The zero-order chi connectivity index (χ0) is 19.2. The van der Waals surface area contributed by atoms with Crippen LogP contribution < -0.4 is 5.32 Å². The van der Waals surface area contributed by atoms with E-state index in [9.17, 15) is 0 Å². The Bertz CT molecular complexity index is 877. The first-order valence-corrected chi connectivity index (χ1v) is 10.5. The molecule has 2 nitrogen and oxygen atoms in total. The van der Waals surface area contributed by atoms with Gasteiger partial charge in [0.05, 0.1) is 0 Å². The van der Waals surface area contributed by atoms with E-state index in [4.69, 9.17) is 11.6 Å². The van der Waals surface area contributed by atoms with Gasteiger partial charge < -0.3 is 5.32 Å². The smallest absolute Gasteiger partial charge is 0.0406 e. The van der Waals surface area contributed by atoms with Gasteiger partial charge in [0, 0.05) is 37.2 Å². The monoisotopic (exact) mass is 390 g/mol. The van der Waals surface area contributed by atoms with E-state index in [1.807, 2.05) is 12.1 Å². The van der Waals surface area contributed by atoms with Crippen molar-refractivity contribution in [2.24, 2.45) is 0 Å². The fourth-order valence-corrected chi connectivity index (χ4v) is 4.17. The molecule has 1 unspecified atom stereocenters. The molecule has 3 aromatic carbocycles. The van der Waals surface area contributed by atoms with Crippen LogP contribution >= 0.6 is 11.6 Å². The molecule has 1 aliphatic heterocycles. The van der Waals surface area contributed by atoms with Crippen LogP contribution in [-0.2, 0) is 25.9 Å². The minimum atomic E-state index is 0.551. The van der Waals surface area contributed by atoms with Crippen LogP contribution in [0.15, 0.2) is 78.9 Å². The molecule has 0 fully saturated rings. The van der Waals surface area contributed by atoms with Crippen molar-refractivity contribution in [2.45, 2.75) is 32.0 Å². The number of rotatable bonds is 7. The third-order valence-electron chi connectivity index (χ3n) is 5.60. The molecule has 0 spiro atoms. The number of nitrogens with one attached hydrogen (secondary N) is 1. The first-order valence-electron chi connectivity index (χ1n) is 10.1. The van der Waals surface area contributed by atoms with E-state index in [1.165, 1.54) is 22.3 Å². The fraction of sp³-hybridized carbons (Fsp3) is 0.280. The van der Waals surface area contributed by atoms with E-state index in [2.05, 4.69) is 76.9 Å². The van der Waals surface area contributed by atoms with Crippen LogP contribution in [0, 0.1) is 0 Å². The van der Waals surface area contributed by atoms with Crippen LogP contribution in [0.25, 0.3) is 0 Å². The van der Waals surface area contributed by atoms with Gasteiger partial charge in [0.2, 0.25) is 0 Å². The van der Waals surface area contributed by atoms with Gasteiger partial charge in [-0.25, -0.2) is 0 Å². The van der Waals surface area contributed by atoms with E-state index in [1.54, 1.807) is 0 Å². The molecule has 0 aliphatic carbocycles. The summed E-state index contributed by atoms with van der Waals surface area (Å²) in [5.41, 5.74) is 5.68. The molecule has 1 N–H and O–H groups in total. The van der Waals surface area contributed by atoms with E-state index in [-0.39, 0.29) is 0 Å². The summed E-state index contributed by atoms with van der Waals surface area (Å²) in [5, 5.41) is 4.38. The van der Waals surface area contributed by atoms with Crippen molar-refractivity contribution >= 4 is 11.6 Å². The molecule has 0 bridgehead atoms. The lowest BCUT2D eigenvalue weighted by molar-refractivity contribution is 0.170. The van der Waals surface area contributed by atoms with E-state index in [0.29, 0.717) is 6.04 Å². The summed E-state index contributed by atoms with van der Waals surface area (Å²) in [6, 6.07) is 28.4. The molecule has 1 heterocycles. The van der Waals surface area contributed by atoms with Crippen molar-refractivity contribution in [1.82, 2.24) is 10.2 Å². The van der Waals surface area contributed by atoms with Crippen molar-refractivity contribution in [3.05, 3.63) is 106 Å². The molecule has 0 saturated carbocycles. The van der Waals surface area contributed by atoms with Crippen molar-refractivity contribution in [3.63, 3.8) is 0 Å². The predicted octanol–water partition coefficient (Wildman–Crippen LogP) is 5.10. The number of halogens is 1. The highest BCUT2D eigenvalue weighted by Gasteiger charge is 2.25. The second-order valence-corrected chi connectivity index (χ2v) is 8.03. The number of benzene rings is 3. The zero-order valence-electron chi connectivity index (χ0n) is 16.2. The summed E-state index contributed by atoms with van der Waals surface area (Å²) >= 11 is 5.97. The molecular formula is C25H27ClN2. The number of hydrogen-bond acceptors (Lipinski definition) is 2. The lowest BCUT2D eigenvalue weighted by atomic mass is 9.90. The molecule has 0 radical (unpaired) electrons. The lowest BCUT2D eigenvalue weighted by Crippen LogP contribution is -2.44. The lowest BCUT2D eigenvalue weighted by Gasteiger charge is -2.37. The van der Waals surface area contributed by atoms with Gasteiger partial charge >= 0.3 is 0 Å². The fourth-order valence-electron chi connectivity index (χ4n) is 4.05. The molecule has 0 saturated heterocycles. The summed E-state index contributed by atoms with van der Waals surface area (Å²) in [5.74, 6) is 0. The van der Waals surface area contributed by atoms with Gasteiger partial charge in [-0.05, 0) is 47.2 Å². The molecule has 1 aliphatic rings. The van der Waals surface area contributed by atoms with Crippen molar-refractivity contribution in [2.75, 3.05) is 13.1 Å². The van der Waals surface area contributed by atoms with Gasteiger partial charge in [0.15, 0.2) is 0 Å². The highest BCUT2D eigenvalue weighted by molar-refractivity contribution is 6.30. The normalized spacial score (nSPS) is 16.7. The topological polar surface area (TPSA) is 15.3 Å². The molecule has 3 aromatic rings. The third kappa shape index (κ3) is 5.02. The first kappa shape index (κ1) is 19.2. The average Bonchev–Trinajstić information content (AvgIpc) is 2.73. The highest BCUT2D eigenvalue weighted by Crippen LogP contribution is 2.25. The molecule has 0 amide bonds. The standard InChI is InChI=1S/C25H27ClN2/c26-24-12-10-21(11-13-24)18-27-14-15-28-19-23-9-5-4-8-22(23)17-25(28)16-20-6-2-1-3-7-20/h1-13,25,27H,14-19H2. The summed E-state index contributed by atoms with van der Waals surface area (Å²) in [7, 11) is 0. The quantitative estimate of drug-likeness (QED) is 0.564. The van der Waals surface area contributed by atoms with E-state index < -0.39 is 0 Å². The summed E-state index contributed by atoms with van der Waals surface area (Å²) in [6.07, 6.45) is 2.23. The predicted molar refractivity (Wildman–Crippen MR) is 118 cm³/mol. The SMILES string of the molecule is Clc1ccc(CNCCN2Cc3ccccc3CC2Cc2ccccc2)cc1. The van der Waals surface area contributed by atoms with Crippen molar-refractivity contribution in [1.29, 1.82) is 0 Å². The second-order valence-electron chi connectivity index (χ2n) is 7.59. The Kier molecular flexibility index (Phi) is 6.43. The Labute approximate surface area is 173 Å². The Balaban J connectivity index is 1.38. The molecule has 3 heteroatoms. The Morgan fingerprint density at radius 2 is 1.54 bits per heavy atom. The van der Waals surface area contributed by atoms with Crippen LogP contribution in [0.1, 0.15) is 22.3 Å². The summed E-state index contributed by atoms with van der Waals surface area (Å²) < 4.78 is 0. The van der Waals surface area contributed by atoms with Crippen LogP contribution in [-0.4, -0.2) is 24.0 Å². The summed E-state index contributed by atoms with van der Waals surface area (Å²) in [6.45, 7) is 3.96. The molecule has 4 rings (SSSR count). The minimum Gasteiger partial charge on any atom is -0.311 e. The van der Waals surface area contributed by atoms with Gasteiger partial charge in [-0.1, -0.05) is 78.3 Å². The third-order valence-corrected chi connectivity index (χ3v) is 5.85. The Morgan fingerprint density at radius 1 is 0.821 bits per heavy atom. The van der Waals surface area contributed by atoms with E-state index >= 15 is 0 Å². The van der Waals surface area contributed by atoms with Gasteiger partial charge in [-0.15, -0.1) is 0 Å². The molecule has 0 aromatic heterocycles. The molecule has 144 valence electrons. The van der Waals surface area contributed by atoms with Crippen LogP contribution in [0.2, 0.25) is 5.02 Å². The second kappa shape index (κ2) is 9.38. The largest absolute Gasteiger partial charge is 0.311 e. The first-order chi connectivity index (χ1) is 13.8. The molecular weight excluding hydrogens is 364 g/mol. The van der Waals surface area contributed by atoms with E-state index in [0.717, 1.165) is 44.0 Å². The van der Waals surface area contributed by atoms with Gasteiger partial charge in [-0.2, -0.15) is 0 Å². The minimum absolute atomic E-state index is 0.551. The maximum absolute atomic E-state index is 5.97. The average molecular weight is 391 g/mol. The van der Waals surface area contributed by atoms with Gasteiger partial charge in [-0.3, -0.25) is 4.90 Å². The number of fused-ring (bicyclic) bond motifs is 1. The molecule has 28 heavy (non-hydrogen) atoms. The van der Waals surface area contributed by atoms with Gasteiger partial charge in [0.25, 0.3) is 0 Å². The maximum Gasteiger partial charge on any atom is 0.0406 e. The van der Waals surface area contributed by atoms with Crippen LogP contribution in [0.3, 0.4) is 0 Å². The van der Waals surface area contributed by atoms with Crippen molar-refractivity contribution < 1.29 is 0 Å². The molecule has 1 atom stereocenters. The van der Waals surface area contributed by atoms with Crippen molar-refractivity contribution in [3.8, 4) is 0 Å². The number of hydrogen-bond donors (Lipinski definition) is 1. The Morgan fingerprint density at radius 3 is 2.32 bits per heavy atom. The maximum atomic E-state index is 5.97. The van der Waals surface area contributed by atoms with Crippen LogP contribution in [0.4, 0.5) is 0 Å². The number of nitrogens with zero attached hydrogens (tertiary/aromatic N) is 1.